The van der Waals surface area contributed by atoms with Crippen LogP contribution >= 0.6 is 0 Å². The highest BCUT2D eigenvalue weighted by Gasteiger charge is 2.42. The van der Waals surface area contributed by atoms with Crippen molar-refractivity contribution in [2.24, 2.45) is 0 Å². The summed E-state index contributed by atoms with van der Waals surface area (Å²) in [6, 6.07) is 25.9. The van der Waals surface area contributed by atoms with Crippen LogP contribution in [0.3, 0.4) is 0 Å². The molecule has 32 heavy (non-hydrogen) atoms. The fourth-order valence-corrected chi connectivity index (χ4v) is 4.08. The molecule has 0 saturated carbocycles. The van der Waals surface area contributed by atoms with Crippen LogP contribution in [0.25, 0.3) is 16.9 Å². The van der Waals surface area contributed by atoms with E-state index in [4.69, 9.17) is 9.84 Å². The Labute approximate surface area is 185 Å². The predicted molar refractivity (Wildman–Crippen MR) is 121 cm³/mol. The first-order chi connectivity index (χ1) is 15.5. The van der Waals surface area contributed by atoms with E-state index in [1.807, 2.05) is 67.6 Å². The third kappa shape index (κ3) is 3.52. The first kappa shape index (κ1) is 19.9. The fourth-order valence-electron chi connectivity index (χ4n) is 4.08. The Morgan fingerprint density at radius 1 is 0.969 bits per heavy atom. The number of aryl methyl sites for hydroxylation is 1. The van der Waals surface area contributed by atoms with Gasteiger partial charge in [-0.25, -0.2) is 13.9 Å². The summed E-state index contributed by atoms with van der Waals surface area (Å²) in [4.78, 5) is 12.5. The number of hydrogen-bond acceptors (Lipinski definition) is 3. The monoisotopic (exact) mass is 424 g/mol. The van der Waals surface area contributed by atoms with E-state index in [9.17, 15) is 9.18 Å². The molecule has 0 aliphatic carbocycles. The normalized spacial score (nSPS) is 18.1. The van der Waals surface area contributed by atoms with Crippen LogP contribution in [-0.4, -0.2) is 15.7 Å². The highest BCUT2D eigenvalue weighted by Crippen LogP contribution is 2.45. The molecule has 4 nitrogen and oxygen atoms in total. The molecule has 1 fully saturated rings. The van der Waals surface area contributed by atoms with E-state index in [-0.39, 0.29) is 11.7 Å². The van der Waals surface area contributed by atoms with Crippen molar-refractivity contribution in [1.29, 1.82) is 0 Å². The van der Waals surface area contributed by atoms with Crippen molar-refractivity contribution in [3.05, 3.63) is 120 Å². The molecule has 0 unspecified atom stereocenters. The predicted octanol–water partition coefficient (Wildman–Crippen LogP) is 5.92. The summed E-state index contributed by atoms with van der Waals surface area (Å²) in [5.74, 6) is -1.05. The zero-order valence-electron chi connectivity index (χ0n) is 17.5. The highest BCUT2D eigenvalue weighted by atomic mass is 19.1. The summed E-state index contributed by atoms with van der Waals surface area (Å²) in [6.45, 7) is 6.01. The average molecular weight is 424 g/mol. The standard InChI is InChI=1S/C27H21FN2O2/c1-17-8-10-20(11-9-17)25-18(2)27(31)32-26(25)23-16-24(19-12-14-21(28)15-13-19)30(29-23)22-6-4-3-5-7-22/h3-16,25-26H,2H2,1H3/t25-,26+/m0/s1. The maximum absolute atomic E-state index is 13.5. The Bertz CT molecular complexity index is 1290. The average Bonchev–Trinajstić information content (AvgIpc) is 3.37. The molecule has 1 aliphatic rings. The third-order valence-corrected chi connectivity index (χ3v) is 5.77. The highest BCUT2D eigenvalue weighted by molar-refractivity contribution is 5.92. The minimum atomic E-state index is -0.595. The lowest BCUT2D eigenvalue weighted by atomic mass is 9.87. The Morgan fingerprint density at radius 2 is 1.66 bits per heavy atom. The number of aromatic nitrogens is 2. The molecular weight excluding hydrogens is 403 g/mol. The topological polar surface area (TPSA) is 44.1 Å². The summed E-state index contributed by atoms with van der Waals surface area (Å²) in [5.41, 5.74) is 5.56. The van der Waals surface area contributed by atoms with Gasteiger partial charge in [0.15, 0.2) is 6.10 Å². The van der Waals surface area contributed by atoms with E-state index in [0.717, 1.165) is 28.1 Å². The number of nitrogens with zero attached hydrogens (tertiary/aromatic N) is 2. The van der Waals surface area contributed by atoms with Crippen molar-refractivity contribution in [2.75, 3.05) is 0 Å². The van der Waals surface area contributed by atoms with Gasteiger partial charge in [-0.3, -0.25) is 0 Å². The number of rotatable bonds is 4. The van der Waals surface area contributed by atoms with E-state index in [1.165, 1.54) is 12.1 Å². The third-order valence-electron chi connectivity index (χ3n) is 5.77. The minimum Gasteiger partial charge on any atom is -0.451 e. The molecule has 1 aromatic heterocycles. The molecule has 0 radical (unpaired) electrons. The second-order valence-electron chi connectivity index (χ2n) is 7.95. The molecule has 2 heterocycles. The lowest BCUT2D eigenvalue weighted by Gasteiger charge is -2.16. The van der Waals surface area contributed by atoms with Crippen LogP contribution in [0.1, 0.15) is 28.8 Å². The van der Waals surface area contributed by atoms with E-state index in [1.54, 1.807) is 16.8 Å². The number of hydrogen-bond donors (Lipinski definition) is 0. The van der Waals surface area contributed by atoms with Gasteiger partial charge in [0.2, 0.25) is 0 Å². The number of carbonyl (C=O) groups is 1. The molecule has 0 amide bonds. The van der Waals surface area contributed by atoms with Gasteiger partial charge in [0, 0.05) is 11.1 Å². The molecule has 0 bridgehead atoms. The maximum atomic E-state index is 13.5. The Morgan fingerprint density at radius 3 is 2.34 bits per heavy atom. The van der Waals surface area contributed by atoms with E-state index < -0.39 is 12.1 Å². The quantitative estimate of drug-likeness (QED) is 0.301. The van der Waals surface area contributed by atoms with Gasteiger partial charge in [-0.05, 0) is 55.0 Å². The second-order valence-corrected chi connectivity index (χ2v) is 7.95. The summed E-state index contributed by atoms with van der Waals surface area (Å²) < 4.78 is 21.1. The first-order valence-corrected chi connectivity index (χ1v) is 10.4. The summed E-state index contributed by atoms with van der Waals surface area (Å²) in [6.07, 6.45) is -0.595. The van der Waals surface area contributed by atoms with Gasteiger partial charge < -0.3 is 4.74 Å². The molecule has 0 spiro atoms. The Hall–Kier alpha value is -3.99. The number of halogens is 1. The van der Waals surface area contributed by atoms with Crippen LogP contribution in [-0.2, 0) is 9.53 Å². The number of cyclic esters (lactones) is 1. The van der Waals surface area contributed by atoms with E-state index >= 15 is 0 Å². The van der Waals surface area contributed by atoms with Crippen LogP contribution in [0.2, 0.25) is 0 Å². The fraction of sp³-hybridized carbons (Fsp3) is 0.111. The molecule has 5 rings (SSSR count). The van der Waals surface area contributed by atoms with E-state index in [2.05, 4.69) is 6.58 Å². The SMILES string of the molecule is C=C1C(=O)O[C@H](c2cc(-c3ccc(F)cc3)n(-c3ccccc3)n2)[C@@H]1c1ccc(C)cc1. The lowest BCUT2D eigenvalue weighted by Crippen LogP contribution is -2.09. The van der Waals surface area contributed by atoms with Gasteiger partial charge in [-0.15, -0.1) is 0 Å². The number of benzene rings is 3. The van der Waals surface area contributed by atoms with Crippen molar-refractivity contribution in [1.82, 2.24) is 9.78 Å². The van der Waals surface area contributed by atoms with Gasteiger partial charge in [-0.1, -0.05) is 54.6 Å². The Kier molecular flexibility index (Phi) is 4.94. The number of para-hydroxylation sites is 1. The second kappa shape index (κ2) is 7.93. The van der Waals surface area contributed by atoms with Crippen LogP contribution in [0.4, 0.5) is 4.39 Å². The van der Waals surface area contributed by atoms with Gasteiger partial charge in [0.05, 0.1) is 17.3 Å². The van der Waals surface area contributed by atoms with Crippen LogP contribution in [0.15, 0.2) is 97.1 Å². The molecule has 4 aromatic rings. The largest absolute Gasteiger partial charge is 0.451 e. The summed E-state index contributed by atoms with van der Waals surface area (Å²) in [5, 5.41) is 4.83. The zero-order valence-corrected chi connectivity index (χ0v) is 17.5. The van der Waals surface area contributed by atoms with Crippen molar-refractivity contribution in [2.45, 2.75) is 18.9 Å². The molecule has 158 valence electrons. The molecule has 1 aliphatic heterocycles. The Balaban J connectivity index is 1.64. The van der Waals surface area contributed by atoms with Crippen molar-refractivity contribution >= 4 is 5.97 Å². The van der Waals surface area contributed by atoms with Crippen molar-refractivity contribution in [3.8, 4) is 16.9 Å². The van der Waals surface area contributed by atoms with Crippen molar-refractivity contribution in [3.63, 3.8) is 0 Å². The smallest absolute Gasteiger partial charge is 0.334 e. The number of esters is 1. The summed E-state index contributed by atoms with van der Waals surface area (Å²) >= 11 is 0. The first-order valence-electron chi connectivity index (χ1n) is 10.4. The van der Waals surface area contributed by atoms with Crippen LogP contribution in [0.5, 0.6) is 0 Å². The molecule has 5 heteroatoms. The lowest BCUT2D eigenvalue weighted by molar-refractivity contribution is -0.139. The molecular formula is C27H21FN2O2. The van der Waals surface area contributed by atoms with Gasteiger partial charge in [0.25, 0.3) is 0 Å². The van der Waals surface area contributed by atoms with Crippen molar-refractivity contribution < 1.29 is 13.9 Å². The molecule has 3 aromatic carbocycles. The summed E-state index contributed by atoms with van der Waals surface area (Å²) in [7, 11) is 0. The van der Waals surface area contributed by atoms with Gasteiger partial charge in [0.1, 0.15) is 11.5 Å². The zero-order chi connectivity index (χ0) is 22.2. The minimum absolute atomic E-state index is 0.305. The molecule has 1 saturated heterocycles. The van der Waals surface area contributed by atoms with Crippen LogP contribution < -0.4 is 0 Å². The van der Waals surface area contributed by atoms with E-state index in [0.29, 0.717) is 11.3 Å². The molecule has 2 atom stereocenters. The molecule has 0 N–H and O–H groups in total. The number of ether oxygens (including phenoxy) is 1. The van der Waals surface area contributed by atoms with Gasteiger partial charge in [-0.2, -0.15) is 5.10 Å². The maximum Gasteiger partial charge on any atom is 0.334 e. The van der Waals surface area contributed by atoms with Gasteiger partial charge >= 0.3 is 5.97 Å². The van der Waals surface area contributed by atoms with Crippen LogP contribution in [0, 0.1) is 12.7 Å². The number of carbonyl (C=O) groups excluding carboxylic acids is 1.